The molecule has 0 unspecified atom stereocenters. The second-order valence-electron chi connectivity index (χ2n) is 3.49. The molecule has 0 saturated heterocycles. The van der Waals surface area contributed by atoms with E-state index in [1.807, 2.05) is 13.8 Å². The third-order valence-corrected chi connectivity index (χ3v) is 3.03. The van der Waals surface area contributed by atoms with Crippen molar-refractivity contribution in [3.05, 3.63) is 23.6 Å². The quantitative estimate of drug-likeness (QED) is 0.806. The molecule has 0 aliphatic carbocycles. The van der Waals surface area contributed by atoms with Gasteiger partial charge in [-0.25, -0.2) is 14.2 Å². The maximum Gasteiger partial charge on any atom is 0.338 e. The first-order chi connectivity index (χ1) is 7.02. The van der Waals surface area contributed by atoms with Crippen LogP contribution in [0.4, 0.5) is 4.39 Å². The van der Waals surface area contributed by atoms with E-state index in [0.717, 1.165) is 6.07 Å². The van der Waals surface area contributed by atoms with Crippen LogP contribution in [0.3, 0.4) is 0 Å². The predicted octanol–water partition coefficient (Wildman–Crippen LogP) is 2.67. The Bertz CT molecular complexity index is 368. The molecule has 0 bridgehead atoms. The maximum absolute atomic E-state index is 13.5. The van der Waals surface area contributed by atoms with Crippen molar-refractivity contribution in [2.75, 3.05) is 5.75 Å². The number of nitrogens with zero attached hydrogens (tertiary/aromatic N) is 1. The zero-order chi connectivity index (χ0) is 11.4. The van der Waals surface area contributed by atoms with Crippen molar-refractivity contribution in [3.8, 4) is 0 Å². The molecule has 0 saturated carbocycles. The van der Waals surface area contributed by atoms with Gasteiger partial charge in [0.15, 0.2) is 5.82 Å². The van der Waals surface area contributed by atoms with Crippen LogP contribution in [0.25, 0.3) is 0 Å². The van der Waals surface area contributed by atoms with Gasteiger partial charge in [-0.1, -0.05) is 13.8 Å². The van der Waals surface area contributed by atoms with Gasteiger partial charge in [-0.15, -0.1) is 11.8 Å². The van der Waals surface area contributed by atoms with Crippen molar-refractivity contribution in [3.63, 3.8) is 0 Å². The summed E-state index contributed by atoms with van der Waals surface area (Å²) in [5.41, 5.74) is -0.323. The van der Waals surface area contributed by atoms with E-state index in [9.17, 15) is 9.18 Å². The molecule has 82 valence electrons. The molecule has 0 radical (unpaired) electrons. The van der Waals surface area contributed by atoms with Gasteiger partial charge in [-0.05, 0) is 12.0 Å². The molecule has 0 aromatic carbocycles. The molecular formula is C10H12FNO2S. The average molecular weight is 229 g/mol. The zero-order valence-electron chi connectivity index (χ0n) is 8.53. The van der Waals surface area contributed by atoms with E-state index in [4.69, 9.17) is 5.11 Å². The van der Waals surface area contributed by atoms with Crippen molar-refractivity contribution < 1.29 is 14.3 Å². The van der Waals surface area contributed by atoms with Crippen LogP contribution < -0.4 is 0 Å². The lowest BCUT2D eigenvalue weighted by Crippen LogP contribution is -2.03. The average Bonchev–Trinajstić information content (AvgIpc) is 2.15. The van der Waals surface area contributed by atoms with Gasteiger partial charge in [0.05, 0.1) is 5.56 Å². The Balaban J connectivity index is 2.89. The smallest absolute Gasteiger partial charge is 0.338 e. The Morgan fingerprint density at radius 2 is 2.33 bits per heavy atom. The van der Waals surface area contributed by atoms with Gasteiger partial charge in [-0.2, -0.15) is 0 Å². The lowest BCUT2D eigenvalue weighted by Gasteiger charge is -2.05. The van der Waals surface area contributed by atoms with Crippen LogP contribution in [0, 0.1) is 11.7 Å². The first-order valence-electron chi connectivity index (χ1n) is 4.53. The maximum atomic E-state index is 13.5. The number of halogens is 1. The summed E-state index contributed by atoms with van der Waals surface area (Å²) >= 11 is 1.24. The summed E-state index contributed by atoms with van der Waals surface area (Å²) in [5, 5.41) is 8.85. The Morgan fingerprint density at radius 3 is 2.87 bits per heavy atom. The van der Waals surface area contributed by atoms with Gasteiger partial charge in [0.25, 0.3) is 0 Å². The molecular weight excluding hydrogens is 217 g/mol. The third kappa shape index (κ3) is 3.20. The molecule has 1 aromatic heterocycles. The van der Waals surface area contributed by atoms with Crippen LogP contribution in [-0.2, 0) is 0 Å². The number of aromatic carboxylic acids is 1. The zero-order valence-corrected chi connectivity index (χ0v) is 9.34. The van der Waals surface area contributed by atoms with Gasteiger partial charge in [0, 0.05) is 11.9 Å². The first-order valence-corrected chi connectivity index (χ1v) is 5.51. The number of hydrogen-bond donors (Lipinski definition) is 1. The molecule has 0 amide bonds. The van der Waals surface area contributed by atoms with Gasteiger partial charge in [-0.3, -0.25) is 0 Å². The van der Waals surface area contributed by atoms with Crippen LogP contribution in [-0.4, -0.2) is 21.8 Å². The van der Waals surface area contributed by atoms with E-state index in [0.29, 0.717) is 11.7 Å². The minimum absolute atomic E-state index is 0.156. The highest BCUT2D eigenvalue weighted by Gasteiger charge is 2.15. The molecule has 1 heterocycles. The van der Waals surface area contributed by atoms with Crippen LogP contribution in [0.1, 0.15) is 24.2 Å². The summed E-state index contributed by atoms with van der Waals surface area (Å²) in [6, 6.07) is 1.16. The van der Waals surface area contributed by atoms with Crippen LogP contribution in [0.2, 0.25) is 0 Å². The van der Waals surface area contributed by atoms with Crippen molar-refractivity contribution >= 4 is 17.7 Å². The largest absolute Gasteiger partial charge is 0.478 e. The van der Waals surface area contributed by atoms with Crippen molar-refractivity contribution in [1.82, 2.24) is 4.98 Å². The predicted molar refractivity (Wildman–Crippen MR) is 56.7 cm³/mol. The molecule has 3 nitrogen and oxygen atoms in total. The van der Waals surface area contributed by atoms with E-state index in [1.165, 1.54) is 18.0 Å². The number of thioether (sulfide) groups is 1. The highest BCUT2D eigenvalue weighted by molar-refractivity contribution is 7.99. The topological polar surface area (TPSA) is 50.2 Å². The number of pyridine rings is 1. The monoisotopic (exact) mass is 229 g/mol. The number of carboxylic acids is 1. The highest BCUT2D eigenvalue weighted by atomic mass is 32.2. The summed E-state index contributed by atoms with van der Waals surface area (Å²) in [4.78, 5) is 14.5. The van der Waals surface area contributed by atoms with Gasteiger partial charge in [0.1, 0.15) is 5.03 Å². The number of aromatic nitrogens is 1. The van der Waals surface area contributed by atoms with E-state index in [2.05, 4.69) is 4.98 Å². The fourth-order valence-electron chi connectivity index (χ4n) is 0.936. The lowest BCUT2D eigenvalue weighted by atomic mass is 10.3. The van der Waals surface area contributed by atoms with Gasteiger partial charge >= 0.3 is 5.97 Å². The third-order valence-electron chi connectivity index (χ3n) is 1.64. The molecule has 0 atom stereocenters. The molecule has 0 aliphatic heterocycles. The second-order valence-corrected chi connectivity index (χ2v) is 4.50. The van der Waals surface area contributed by atoms with Crippen LogP contribution in [0.5, 0.6) is 0 Å². The lowest BCUT2D eigenvalue weighted by molar-refractivity contribution is 0.0691. The van der Waals surface area contributed by atoms with Crippen molar-refractivity contribution in [1.29, 1.82) is 0 Å². The number of hydrogen-bond acceptors (Lipinski definition) is 3. The Hall–Kier alpha value is -1.10. The number of carbonyl (C=O) groups is 1. The SMILES string of the molecule is CC(C)CSc1nccc(C(=O)O)c1F. The summed E-state index contributed by atoms with van der Waals surface area (Å²) in [6.45, 7) is 4.01. The van der Waals surface area contributed by atoms with E-state index >= 15 is 0 Å². The van der Waals surface area contributed by atoms with E-state index in [-0.39, 0.29) is 10.6 Å². The first kappa shape index (κ1) is 12.0. The van der Waals surface area contributed by atoms with Crippen molar-refractivity contribution in [2.45, 2.75) is 18.9 Å². The summed E-state index contributed by atoms with van der Waals surface area (Å²) in [6.07, 6.45) is 1.31. The summed E-state index contributed by atoms with van der Waals surface area (Å²) < 4.78 is 13.5. The molecule has 1 aromatic rings. The van der Waals surface area contributed by atoms with Gasteiger partial charge < -0.3 is 5.11 Å². The minimum atomic E-state index is -1.26. The van der Waals surface area contributed by atoms with E-state index < -0.39 is 11.8 Å². The molecule has 5 heteroatoms. The standard InChI is InChI=1S/C10H12FNO2S/c1-6(2)5-15-9-8(11)7(10(13)14)3-4-12-9/h3-4,6H,5H2,1-2H3,(H,13,14). The molecule has 0 aliphatic rings. The summed E-state index contributed by atoms with van der Waals surface area (Å²) in [5.74, 6) is -0.880. The summed E-state index contributed by atoms with van der Waals surface area (Å²) in [7, 11) is 0. The Morgan fingerprint density at radius 1 is 1.67 bits per heavy atom. The number of rotatable bonds is 4. The molecule has 1 rings (SSSR count). The molecule has 1 N–H and O–H groups in total. The van der Waals surface area contributed by atoms with Crippen LogP contribution >= 0.6 is 11.8 Å². The second kappa shape index (κ2) is 5.11. The molecule has 0 spiro atoms. The molecule has 0 fully saturated rings. The number of carboxylic acid groups (broad SMARTS) is 1. The minimum Gasteiger partial charge on any atom is -0.478 e. The molecule has 15 heavy (non-hydrogen) atoms. The Kier molecular flexibility index (Phi) is 4.08. The van der Waals surface area contributed by atoms with E-state index in [1.54, 1.807) is 0 Å². The van der Waals surface area contributed by atoms with Crippen LogP contribution in [0.15, 0.2) is 17.3 Å². The fourth-order valence-corrected chi connectivity index (χ4v) is 1.80. The van der Waals surface area contributed by atoms with Gasteiger partial charge in [0.2, 0.25) is 0 Å². The highest BCUT2D eigenvalue weighted by Crippen LogP contribution is 2.23. The Labute approximate surface area is 91.7 Å². The van der Waals surface area contributed by atoms with Crippen molar-refractivity contribution in [2.24, 2.45) is 5.92 Å². The normalized spacial score (nSPS) is 10.7. The fraction of sp³-hybridized carbons (Fsp3) is 0.400.